The molecular weight excluding hydrogens is 246 g/mol. The van der Waals surface area contributed by atoms with E-state index in [0.29, 0.717) is 17.1 Å². The summed E-state index contributed by atoms with van der Waals surface area (Å²) < 4.78 is 0. The van der Waals surface area contributed by atoms with Crippen LogP contribution in [0.2, 0.25) is 0 Å². The first-order valence-corrected chi connectivity index (χ1v) is 5.53. The fourth-order valence-corrected chi connectivity index (χ4v) is 1.61. The van der Waals surface area contributed by atoms with Gasteiger partial charge >= 0.3 is 0 Å². The lowest BCUT2D eigenvalue weighted by molar-refractivity contribution is 0.102. The number of nitrogens with one attached hydrogen (secondary N) is 1. The zero-order valence-corrected chi connectivity index (χ0v) is 10.2. The highest BCUT2D eigenvalue weighted by Crippen LogP contribution is 2.23. The van der Waals surface area contributed by atoms with Crippen molar-refractivity contribution in [3.8, 4) is 11.5 Å². The van der Waals surface area contributed by atoms with Crippen LogP contribution in [0.5, 0.6) is 11.5 Å². The topological polar surface area (TPSA) is 108 Å². The molecule has 6 heteroatoms. The Bertz CT molecular complexity index is 641. The summed E-state index contributed by atoms with van der Waals surface area (Å²) in [6.07, 6.45) is 1.42. The number of amides is 1. The number of hydrogen-bond acceptors (Lipinski definition) is 5. The van der Waals surface area contributed by atoms with Crippen molar-refractivity contribution in [2.24, 2.45) is 0 Å². The number of nitrogens with two attached hydrogens (primary N) is 1. The summed E-state index contributed by atoms with van der Waals surface area (Å²) in [6.45, 7) is 1.75. The van der Waals surface area contributed by atoms with E-state index in [9.17, 15) is 15.0 Å². The smallest absolute Gasteiger partial charge is 0.260 e. The van der Waals surface area contributed by atoms with E-state index in [1.807, 2.05) is 0 Å². The maximum absolute atomic E-state index is 12.0. The molecule has 0 unspecified atom stereocenters. The fourth-order valence-electron chi connectivity index (χ4n) is 1.61. The number of carbonyl (C=O) groups is 1. The van der Waals surface area contributed by atoms with Gasteiger partial charge in [0.15, 0.2) is 0 Å². The van der Waals surface area contributed by atoms with Crippen molar-refractivity contribution in [3.05, 3.63) is 41.6 Å². The number of phenolic OH excluding ortho intramolecular Hbond substituents is 2. The maximum atomic E-state index is 12.0. The standard InChI is InChI=1S/C13H13N3O3/c1-7-4-8(14)6-15-12(7)16-13(19)10-5-9(17)2-3-11(10)18/h2-6,17-18H,14H2,1H3,(H,15,16,19). The predicted octanol–water partition coefficient (Wildman–Crippen LogP) is 1.64. The Morgan fingerprint density at radius 2 is 2.05 bits per heavy atom. The summed E-state index contributed by atoms with van der Waals surface area (Å²) in [5, 5.41) is 21.4. The van der Waals surface area contributed by atoms with Gasteiger partial charge in [0.25, 0.3) is 5.91 Å². The van der Waals surface area contributed by atoms with Crippen LogP contribution in [0.3, 0.4) is 0 Å². The summed E-state index contributed by atoms with van der Waals surface area (Å²) in [5.74, 6) is -0.538. The Morgan fingerprint density at radius 3 is 2.74 bits per heavy atom. The normalized spacial score (nSPS) is 10.2. The summed E-state index contributed by atoms with van der Waals surface area (Å²) >= 11 is 0. The number of aromatic nitrogens is 1. The van der Waals surface area contributed by atoms with Gasteiger partial charge in [-0.25, -0.2) is 4.98 Å². The molecule has 19 heavy (non-hydrogen) atoms. The van der Waals surface area contributed by atoms with E-state index >= 15 is 0 Å². The summed E-state index contributed by atoms with van der Waals surface area (Å²) in [5.41, 5.74) is 6.73. The second-order valence-electron chi connectivity index (χ2n) is 4.09. The highest BCUT2D eigenvalue weighted by molar-refractivity contribution is 6.06. The fraction of sp³-hybridized carbons (Fsp3) is 0.0769. The Balaban J connectivity index is 2.28. The zero-order valence-electron chi connectivity index (χ0n) is 10.2. The molecule has 1 aromatic heterocycles. The molecule has 0 saturated heterocycles. The summed E-state index contributed by atoms with van der Waals surface area (Å²) in [6, 6.07) is 5.38. The number of aryl methyl sites for hydroxylation is 1. The van der Waals surface area contributed by atoms with Gasteiger partial charge in [0, 0.05) is 0 Å². The average Bonchev–Trinajstić information content (AvgIpc) is 2.35. The lowest BCUT2D eigenvalue weighted by Crippen LogP contribution is -2.14. The first kappa shape index (κ1) is 12.7. The van der Waals surface area contributed by atoms with Crippen LogP contribution in [-0.2, 0) is 0 Å². The van der Waals surface area contributed by atoms with Gasteiger partial charge in [0.2, 0.25) is 0 Å². The van der Waals surface area contributed by atoms with Crippen LogP contribution in [-0.4, -0.2) is 21.1 Å². The molecule has 0 spiro atoms. The minimum atomic E-state index is -0.561. The van der Waals surface area contributed by atoms with Crippen LogP contribution in [0.4, 0.5) is 11.5 Å². The number of benzene rings is 1. The third-order valence-electron chi connectivity index (χ3n) is 2.56. The monoisotopic (exact) mass is 259 g/mol. The molecule has 0 aliphatic heterocycles. The van der Waals surface area contributed by atoms with Gasteiger partial charge in [0.05, 0.1) is 17.4 Å². The second kappa shape index (κ2) is 4.85. The average molecular weight is 259 g/mol. The van der Waals surface area contributed by atoms with Crippen LogP contribution in [0.25, 0.3) is 0 Å². The minimum Gasteiger partial charge on any atom is -0.508 e. The predicted molar refractivity (Wildman–Crippen MR) is 71.1 cm³/mol. The van der Waals surface area contributed by atoms with E-state index in [2.05, 4.69) is 10.3 Å². The molecule has 0 radical (unpaired) electrons. The lowest BCUT2D eigenvalue weighted by atomic mass is 10.1. The van der Waals surface area contributed by atoms with Gasteiger partial charge in [-0.2, -0.15) is 0 Å². The molecule has 0 aliphatic carbocycles. The van der Waals surface area contributed by atoms with Gasteiger partial charge in [-0.1, -0.05) is 0 Å². The quantitative estimate of drug-likeness (QED) is 0.613. The largest absolute Gasteiger partial charge is 0.508 e. The molecule has 1 aromatic carbocycles. The number of aromatic hydroxyl groups is 2. The zero-order chi connectivity index (χ0) is 14.0. The van der Waals surface area contributed by atoms with E-state index in [4.69, 9.17) is 5.73 Å². The first-order valence-electron chi connectivity index (χ1n) is 5.53. The molecule has 2 aromatic rings. The van der Waals surface area contributed by atoms with Gasteiger partial charge in [-0.05, 0) is 36.8 Å². The van der Waals surface area contributed by atoms with E-state index in [0.717, 1.165) is 0 Å². The maximum Gasteiger partial charge on any atom is 0.260 e. The molecule has 1 amide bonds. The van der Waals surface area contributed by atoms with E-state index in [1.165, 1.54) is 24.4 Å². The minimum absolute atomic E-state index is 0.0296. The van der Waals surface area contributed by atoms with Crippen molar-refractivity contribution >= 4 is 17.4 Å². The molecule has 0 atom stereocenters. The van der Waals surface area contributed by atoms with Crippen molar-refractivity contribution in [1.82, 2.24) is 4.98 Å². The van der Waals surface area contributed by atoms with Gasteiger partial charge in [0.1, 0.15) is 17.3 Å². The van der Waals surface area contributed by atoms with Crippen molar-refractivity contribution < 1.29 is 15.0 Å². The number of nitrogens with zero attached hydrogens (tertiary/aromatic N) is 1. The SMILES string of the molecule is Cc1cc(N)cnc1NC(=O)c1cc(O)ccc1O. The molecule has 0 bridgehead atoms. The van der Waals surface area contributed by atoms with Crippen LogP contribution in [0.1, 0.15) is 15.9 Å². The number of nitrogen functional groups attached to an aromatic ring is 1. The molecule has 1 heterocycles. The van der Waals surface area contributed by atoms with Crippen molar-refractivity contribution in [2.75, 3.05) is 11.1 Å². The van der Waals surface area contributed by atoms with E-state index in [1.54, 1.807) is 13.0 Å². The number of phenols is 2. The van der Waals surface area contributed by atoms with Crippen LogP contribution in [0, 0.1) is 6.92 Å². The molecule has 0 saturated carbocycles. The van der Waals surface area contributed by atoms with Crippen LogP contribution in [0.15, 0.2) is 30.5 Å². The lowest BCUT2D eigenvalue weighted by Gasteiger charge is -2.09. The van der Waals surface area contributed by atoms with Crippen molar-refractivity contribution in [2.45, 2.75) is 6.92 Å². The number of anilines is 2. The second-order valence-corrected chi connectivity index (χ2v) is 4.09. The molecule has 2 rings (SSSR count). The Morgan fingerprint density at radius 1 is 1.32 bits per heavy atom. The van der Waals surface area contributed by atoms with Crippen molar-refractivity contribution in [3.63, 3.8) is 0 Å². The Hall–Kier alpha value is -2.76. The van der Waals surface area contributed by atoms with Crippen LogP contribution >= 0.6 is 0 Å². The molecule has 0 aliphatic rings. The molecule has 0 fully saturated rings. The third kappa shape index (κ3) is 2.74. The Labute approximate surface area is 109 Å². The van der Waals surface area contributed by atoms with Crippen LogP contribution < -0.4 is 11.1 Å². The molecule has 6 nitrogen and oxygen atoms in total. The van der Waals surface area contributed by atoms with E-state index in [-0.39, 0.29) is 17.1 Å². The number of rotatable bonds is 2. The van der Waals surface area contributed by atoms with Gasteiger partial charge in [-0.15, -0.1) is 0 Å². The first-order chi connectivity index (χ1) is 8.97. The Kier molecular flexibility index (Phi) is 3.24. The number of carbonyl (C=O) groups excluding carboxylic acids is 1. The number of hydrogen-bond donors (Lipinski definition) is 4. The third-order valence-corrected chi connectivity index (χ3v) is 2.56. The highest BCUT2D eigenvalue weighted by Gasteiger charge is 2.13. The summed E-state index contributed by atoms with van der Waals surface area (Å²) in [4.78, 5) is 16.0. The molecular formula is C13H13N3O3. The van der Waals surface area contributed by atoms with Crippen molar-refractivity contribution in [1.29, 1.82) is 0 Å². The van der Waals surface area contributed by atoms with Gasteiger partial charge in [-0.3, -0.25) is 4.79 Å². The molecule has 98 valence electrons. The highest BCUT2D eigenvalue weighted by atomic mass is 16.3. The van der Waals surface area contributed by atoms with E-state index < -0.39 is 5.91 Å². The number of pyridine rings is 1. The summed E-state index contributed by atoms with van der Waals surface area (Å²) in [7, 11) is 0. The molecule has 5 N–H and O–H groups in total. The van der Waals surface area contributed by atoms with Gasteiger partial charge < -0.3 is 21.3 Å².